The lowest BCUT2D eigenvalue weighted by molar-refractivity contribution is -0.116. The van der Waals surface area contributed by atoms with E-state index in [1.807, 2.05) is 13.0 Å². The van der Waals surface area contributed by atoms with Crippen LogP contribution < -0.4 is 10.1 Å². The van der Waals surface area contributed by atoms with Gasteiger partial charge in [0.2, 0.25) is 5.91 Å². The van der Waals surface area contributed by atoms with Crippen LogP contribution in [0.1, 0.15) is 12.0 Å². The van der Waals surface area contributed by atoms with Crippen LogP contribution in [-0.4, -0.2) is 12.5 Å². The highest BCUT2D eigenvalue weighted by Gasteiger charge is 2.07. The van der Waals surface area contributed by atoms with E-state index in [1.54, 1.807) is 36.4 Å². The van der Waals surface area contributed by atoms with Gasteiger partial charge in [-0.2, -0.15) is 0 Å². The quantitative estimate of drug-likeness (QED) is 0.865. The normalized spacial score (nSPS) is 10.2. The molecule has 0 saturated heterocycles. The van der Waals surface area contributed by atoms with E-state index in [-0.39, 0.29) is 12.3 Å². The van der Waals surface area contributed by atoms with Crippen molar-refractivity contribution >= 4 is 34.8 Å². The molecular weight excluding hydrogens is 309 g/mol. The molecule has 0 heterocycles. The van der Waals surface area contributed by atoms with Gasteiger partial charge in [-0.15, -0.1) is 0 Å². The van der Waals surface area contributed by atoms with Gasteiger partial charge in [-0.1, -0.05) is 29.3 Å². The molecule has 0 bridgehead atoms. The summed E-state index contributed by atoms with van der Waals surface area (Å²) >= 11 is 11.8. The van der Waals surface area contributed by atoms with Crippen LogP contribution in [0.4, 0.5) is 5.69 Å². The van der Waals surface area contributed by atoms with Gasteiger partial charge in [0, 0.05) is 15.7 Å². The average molecular weight is 324 g/mol. The summed E-state index contributed by atoms with van der Waals surface area (Å²) in [5.41, 5.74) is 1.57. The monoisotopic (exact) mass is 323 g/mol. The van der Waals surface area contributed by atoms with Gasteiger partial charge in [-0.25, -0.2) is 0 Å². The standard InChI is InChI=1S/C16H15Cl2NO2/c1-11-14(18)3-2-4-15(11)19-16(20)9-10-21-13-7-5-12(17)6-8-13/h2-8H,9-10H2,1H3,(H,19,20). The van der Waals surface area contributed by atoms with Crippen LogP contribution in [-0.2, 0) is 4.79 Å². The minimum Gasteiger partial charge on any atom is -0.493 e. The molecule has 1 N–H and O–H groups in total. The van der Waals surface area contributed by atoms with E-state index in [0.29, 0.717) is 22.4 Å². The highest BCUT2D eigenvalue weighted by molar-refractivity contribution is 6.31. The van der Waals surface area contributed by atoms with Crippen molar-refractivity contribution < 1.29 is 9.53 Å². The average Bonchev–Trinajstić information content (AvgIpc) is 2.46. The lowest BCUT2D eigenvalue weighted by Crippen LogP contribution is -2.15. The van der Waals surface area contributed by atoms with Crippen LogP contribution in [0.5, 0.6) is 5.75 Å². The van der Waals surface area contributed by atoms with Gasteiger partial charge in [-0.05, 0) is 48.9 Å². The summed E-state index contributed by atoms with van der Waals surface area (Å²) in [5.74, 6) is 0.570. The van der Waals surface area contributed by atoms with E-state index in [1.165, 1.54) is 0 Å². The first-order valence-electron chi connectivity index (χ1n) is 6.49. The number of ether oxygens (including phenoxy) is 1. The van der Waals surface area contributed by atoms with Crippen molar-refractivity contribution in [3.63, 3.8) is 0 Å². The zero-order chi connectivity index (χ0) is 15.2. The maximum absolute atomic E-state index is 11.9. The maximum atomic E-state index is 11.9. The van der Waals surface area contributed by atoms with Gasteiger partial charge in [0.05, 0.1) is 13.0 Å². The predicted molar refractivity (Wildman–Crippen MR) is 86.4 cm³/mol. The SMILES string of the molecule is Cc1c(Cl)cccc1NC(=O)CCOc1ccc(Cl)cc1. The Morgan fingerprint density at radius 3 is 2.57 bits per heavy atom. The molecule has 2 aromatic carbocycles. The third-order valence-corrected chi connectivity index (χ3v) is 3.61. The molecule has 3 nitrogen and oxygen atoms in total. The summed E-state index contributed by atoms with van der Waals surface area (Å²) in [7, 11) is 0. The summed E-state index contributed by atoms with van der Waals surface area (Å²) in [4.78, 5) is 11.9. The number of hydrogen-bond donors (Lipinski definition) is 1. The molecule has 0 spiro atoms. The van der Waals surface area contributed by atoms with Crippen LogP contribution in [0.2, 0.25) is 10.0 Å². The van der Waals surface area contributed by atoms with Crippen LogP contribution in [0.15, 0.2) is 42.5 Å². The van der Waals surface area contributed by atoms with Gasteiger partial charge in [0.1, 0.15) is 5.75 Å². The number of anilines is 1. The molecule has 2 aromatic rings. The van der Waals surface area contributed by atoms with E-state index in [9.17, 15) is 4.79 Å². The summed E-state index contributed by atoms with van der Waals surface area (Å²) in [6.45, 7) is 2.16. The fourth-order valence-electron chi connectivity index (χ4n) is 1.75. The number of carbonyl (C=O) groups is 1. The molecule has 0 unspecified atom stereocenters. The van der Waals surface area contributed by atoms with E-state index in [4.69, 9.17) is 27.9 Å². The molecule has 110 valence electrons. The number of carbonyl (C=O) groups excluding carboxylic acids is 1. The third-order valence-electron chi connectivity index (χ3n) is 2.95. The van der Waals surface area contributed by atoms with E-state index in [0.717, 1.165) is 11.3 Å². The molecule has 0 fully saturated rings. The van der Waals surface area contributed by atoms with Crippen LogP contribution >= 0.6 is 23.2 Å². The molecule has 0 saturated carbocycles. The second-order valence-corrected chi connectivity index (χ2v) is 5.36. The van der Waals surface area contributed by atoms with Crippen molar-refractivity contribution in [3.8, 4) is 5.75 Å². The van der Waals surface area contributed by atoms with Crippen molar-refractivity contribution in [2.75, 3.05) is 11.9 Å². The highest BCUT2D eigenvalue weighted by Crippen LogP contribution is 2.23. The molecule has 21 heavy (non-hydrogen) atoms. The van der Waals surface area contributed by atoms with E-state index in [2.05, 4.69) is 5.32 Å². The summed E-state index contributed by atoms with van der Waals surface area (Å²) < 4.78 is 5.48. The van der Waals surface area contributed by atoms with Crippen molar-refractivity contribution in [1.29, 1.82) is 0 Å². The fourth-order valence-corrected chi connectivity index (χ4v) is 2.05. The molecule has 0 aliphatic rings. The van der Waals surface area contributed by atoms with Gasteiger partial charge in [0.15, 0.2) is 0 Å². The number of nitrogens with one attached hydrogen (secondary N) is 1. The zero-order valence-corrected chi connectivity index (χ0v) is 13.0. The Morgan fingerprint density at radius 1 is 1.14 bits per heavy atom. The largest absolute Gasteiger partial charge is 0.493 e. The Kier molecular flexibility index (Phi) is 5.48. The smallest absolute Gasteiger partial charge is 0.227 e. The second-order valence-electron chi connectivity index (χ2n) is 4.51. The summed E-state index contributed by atoms with van der Waals surface area (Å²) in [6, 6.07) is 12.4. The Bertz CT molecular complexity index is 627. The Hall–Kier alpha value is -1.71. The minimum absolute atomic E-state index is 0.116. The third kappa shape index (κ3) is 4.66. The Morgan fingerprint density at radius 2 is 1.86 bits per heavy atom. The minimum atomic E-state index is -0.116. The molecule has 1 amide bonds. The predicted octanol–water partition coefficient (Wildman–Crippen LogP) is 4.71. The van der Waals surface area contributed by atoms with E-state index < -0.39 is 0 Å². The molecule has 2 rings (SSSR count). The first kappa shape index (κ1) is 15.7. The molecule has 0 aliphatic heterocycles. The van der Waals surface area contributed by atoms with Crippen LogP contribution in [0.3, 0.4) is 0 Å². The molecule has 0 aliphatic carbocycles. The highest BCUT2D eigenvalue weighted by atomic mass is 35.5. The fraction of sp³-hybridized carbons (Fsp3) is 0.188. The topological polar surface area (TPSA) is 38.3 Å². The van der Waals surface area contributed by atoms with Gasteiger partial charge in [-0.3, -0.25) is 4.79 Å². The van der Waals surface area contributed by atoms with Gasteiger partial charge >= 0.3 is 0 Å². The molecule has 0 aromatic heterocycles. The second kappa shape index (κ2) is 7.34. The molecule has 0 radical (unpaired) electrons. The maximum Gasteiger partial charge on any atom is 0.227 e. The van der Waals surface area contributed by atoms with Crippen molar-refractivity contribution in [2.45, 2.75) is 13.3 Å². The first-order valence-corrected chi connectivity index (χ1v) is 7.25. The number of benzene rings is 2. The Labute approximate surface area is 133 Å². The lowest BCUT2D eigenvalue weighted by atomic mass is 10.2. The van der Waals surface area contributed by atoms with E-state index >= 15 is 0 Å². The molecular formula is C16H15Cl2NO2. The van der Waals surface area contributed by atoms with Gasteiger partial charge in [0.25, 0.3) is 0 Å². The molecule has 0 atom stereocenters. The summed E-state index contributed by atoms with van der Waals surface area (Å²) in [6.07, 6.45) is 0.259. The van der Waals surface area contributed by atoms with Crippen LogP contribution in [0, 0.1) is 6.92 Å². The van der Waals surface area contributed by atoms with Crippen LogP contribution in [0.25, 0.3) is 0 Å². The Balaban J connectivity index is 1.82. The number of amides is 1. The number of halogens is 2. The van der Waals surface area contributed by atoms with Crippen molar-refractivity contribution in [3.05, 3.63) is 58.1 Å². The van der Waals surface area contributed by atoms with Crippen molar-refractivity contribution in [2.24, 2.45) is 0 Å². The summed E-state index contributed by atoms with van der Waals surface area (Å²) in [5, 5.41) is 4.10. The first-order chi connectivity index (χ1) is 10.1. The zero-order valence-electron chi connectivity index (χ0n) is 11.5. The molecule has 5 heteroatoms. The number of hydrogen-bond acceptors (Lipinski definition) is 2. The number of rotatable bonds is 5. The van der Waals surface area contributed by atoms with Gasteiger partial charge < -0.3 is 10.1 Å². The lowest BCUT2D eigenvalue weighted by Gasteiger charge is -2.10. The van der Waals surface area contributed by atoms with Crippen molar-refractivity contribution in [1.82, 2.24) is 0 Å².